The molecule has 9 heteroatoms. The van der Waals surface area contributed by atoms with Crippen LogP contribution in [0.2, 0.25) is 0 Å². The maximum Gasteiger partial charge on any atom is 0.338 e. The lowest BCUT2D eigenvalue weighted by molar-refractivity contribution is -0.140. The number of esters is 4. The van der Waals surface area contributed by atoms with E-state index in [-0.39, 0.29) is 47.0 Å². The van der Waals surface area contributed by atoms with E-state index in [1.165, 1.54) is 51.1 Å². The Balaban J connectivity index is 2.33. The van der Waals surface area contributed by atoms with E-state index in [4.69, 9.17) is 18.9 Å². The van der Waals surface area contributed by atoms with Gasteiger partial charge in [0.25, 0.3) is 0 Å². The minimum Gasteiger partial charge on any atom is -0.459 e. The molecule has 2 aromatic rings. The molecule has 0 N–H and O–H groups in total. The molecule has 8 nitrogen and oxygen atoms in total. The maximum atomic E-state index is 14.6. The zero-order valence-electron chi connectivity index (χ0n) is 20.1. The lowest BCUT2D eigenvalue weighted by Crippen LogP contribution is -2.15. The van der Waals surface area contributed by atoms with E-state index < -0.39 is 29.7 Å². The largest absolute Gasteiger partial charge is 0.459 e. The van der Waals surface area contributed by atoms with Gasteiger partial charge in [0.15, 0.2) is 11.6 Å². The van der Waals surface area contributed by atoms with Crippen molar-refractivity contribution in [1.82, 2.24) is 0 Å². The molecule has 0 heterocycles. The smallest absolute Gasteiger partial charge is 0.338 e. The summed E-state index contributed by atoms with van der Waals surface area (Å²) in [6.45, 7) is 14.3. The van der Waals surface area contributed by atoms with Gasteiger partial charge in [0.1, 0.15) is 19.0 Å². The summed E-state index contributed by atoms with van der Waals surface area (Å²) in [6, 6.07) is 7.87. The lowest BCUT2D eigenvalue weighted by atomic mass is 10.0. The molecule has 0 fully saturated rings. The van der Waals surface area contributed by atoms with Gasteiger partial charge in [0.2, 0.25) is 0 Å². The molecule has 188 valence electrons. The molecule has 0 bridgehead atoms. The SMILES string of the molecule is C=C(C)C(=O)OCCOC(=O)c1cc(OC(=O)C(=C)C)cc(-c2ccc(OC(=O)C(=C)C)c(F)c2)c1. The van der Waals surface area contributed by atoms with Crippen LogP contribution in [0.25, 0.3) is 11.1 Å². The summed E-state index contributed by atoms with van der Waals surface area (Å²) in [5.74, 6) is -4.10. The number of rotatable bonds is 10. The van der Waals surface area contributed by atoms with Crippen LogP contribution in [-0.4, -0.2) is 37.1 Å². The van der Waals surface area contributed by atoms with Gasteiger partial charge in [-0.15, -0.1) is 0 Å². The third-order valence-electron chi connectivity index (χ3n) is 4.42. The van der Waals surface area contributed by atoms with Crippen LogP contribution in [0, 0.1) is 5.82 Å². The van der Waals surface area contributed by atoms with Crippen molar-refractivity contribution >= 4 is 23.9 Å². The molecule has 0 unspecified atom stereocenters. The van der Waals surface area contributed by atoms with Crippen molar-refractivity contribution < 1.29 is 42.5 Å². The highest BCUT2D eigenvalue weighted by Crippen LogP contribution is 2.30. The van der Waals surface area contributed by atoms with E-state index in [1.54, 1.807) is 0 Å². The molecule has 0 radical (unpaired) electrons. The first-order chi connectivity index (χ1) is 16.9. The molecule has 0 saturated carbocycles. The fraction of sp³-hybridized carbons (Fsp3) is 0.185. The second-order valence-electron chi connectivity index (χ2n) is 7.78. The van der Waals surface area contributed by atoms with Crippen LogP contribution >= 0.6 is 0 Å². The third kappa shape index (κ3) is 7.76. The molecule has 0 aliphatic rings. The van der Waals surface area contributed by atoms with Crippen LogP contribution < -0.4 is 9.47 Å². The Morgan fingerprint density at radius 3 is 1.89 bits per heavy atom. The highest BCUT2D eigenvalue weighted by atomic mass is 19.1. The number of carbonyl (C=O) groups excluding carboxylic acids is 4. The van der Waals surface area contributed by atoms with Crippen molar-refractivity contribution in [1.29, 1.82) is 0 Å². The van der Waals surface area contributed by atoms with Gasteiger partial charge in [-0.1, -0.05) is 25.8 Å². The second kappa shape index (κ2) is 12.3. The van der Waals surface area contributed by atoms with Crippen LogP contribution in [0.5, 0.6) is 11.5 Å². The lowest BCUT2D eigenvalue weighted by Gasteiger charge is -2.12. The van der Waals surface area contributed by atoms with Crippen molar-refractivity contribution in [2.75, 3.05) is 13.2 Å². The van der Waals surface area contributed by atoms with Crippen LogP contribution in [0.4, 0.5) is 4.39 Å². The second-order valence-corrected chi connectivity index (χ2v) is 7.78. The Bertz CT molecular complexity index is 1260. The monoisotopic (exact) mass is 496 g/mol. The van der Waals surface area contributed by atoms with Crippen LogP contribution in [0.15, 0.2) is 72.9 Å². The molecule has 0 atom stereocenters. The summed E-state index contributed by atoms with van der Waals surface area (Å²) in [6.07, 6.45) is 0. The molecule has 0 aromatic heterocycles. The molecule has 36 heavy (non-hydrogen) atoms. The molecule has 0 aliphatic heterocycles. The van der Waals surface area contributed by atoms with Gasteiger partial charge in [0, 0.05) is 16.7 Å². The van der Waals surface area contributed by atoms with E-state index >= 15 is 0 Å². The number of hydrogen-bond acceptors (Lipinski definition) is 8. The van der Waals surface area contributed by atoms with Crippen molar-refractivity contribution in [2.24, 2.45) is 0 Å². The summed E-state index contributed by atoms with van der Waals surface area (Å²) in [5.41, 5.74) is 1.01. The maximum absolute atomic E-state index is 14.6. The standard InChI is InChI=1S/C27H25FO8/c1-15(2)24(29)33-9-10-34-27(32)20-11-19(12-21(13-20)35-25(30)16(3)4)18-7-8-23(22(28)14-18)36-26(31)17(5)6/h7-8,11-14H,1,3,5,9-10H2,2,4,6H3. The van der Waals surface area contributed by atoms with E-state index in [2.05, 4.69) is 19.7 Å². The summed E-state index contributed by atoms with van der Waals surface area (Å²) < 4.78 is 34.8. The van der Waals surface area contributed by atoms with Gasteiger partial charge in [-0.05, 0) is 62.2 Å². The minimum atomic E-state index is -0.838. The first-order valence-electron chi connectivity index (χ1n) is 10.6. The van der Waals surface area contributed by atoms with Gasteiger partial charge in [-0.2, -0.15) is 0 Å². The molecular weight excluding hydrogens is 471 g/mol. The van der Waals surface area contributed by atoms with E-state index in [0.717, 1.165) is 6.07 Å². The van der Waals surface area contributed by atoms with Crippen molar-refractivity contribution in [3.8, 4) is 22.6 Å². The Kier molecular flexibility index (Phi) is 9.43. The van der Waals surface area contributed by atoms with E-state index in [9.17, 15) is 23.6 Å². The summed E-state index contributed by atoms with van der Waals surface area (Å²) in [5, 5.41) is 0. The van der Waals surface area contributed by atoms with Crippen LogP contribution in [0.3, 0.4) is 0 Å². The number of hydrogen-bond donors (Lipinski definition) is 0. The summed E-state index contributed by atoms with van der Waals surface area (Å²) in [4.78, 5) is 47.7. The fourth-order valence-corrected chi connectivity index (χ4v) is 2.56. The first kappa shape index (κ1) is 27.7. The molecule has 2 rings (SSSR count). The predicted octanol–water partition coefficient (Wildman–Crippen LogP) is 4.73. The molecular formula is C27H25FO8. The Labute approximate surface area is 207 Å². The van der Waals surface area contributed by atoms with Crippen molar-refractivity contribution in [3.05, 3.63) is 84.2 Å². The Hall–Kier alpha value is -4.53. The van der Waals surface area contributed by atoms with Crippen molar-refractivity contribution in [2.45, 2.75) is 20.8 Å². The molecule has 0 saturated heterocycles. The highest BCUT2D eigenvalue weighted by Gasteiger charge is 2.17. The number of benzene rings is 2. The Morgan fingerprint density at radius 2 is 1.31 bits per heavy atom. The highest BCUT2D eigenvalue weighted by molar-refractivity contribution is 5.93. The fourth-order valence-electron chi connectivity index (χ4n) is 2.56. The first-order valence-corrected chi connectivity index (χ1v) is 10.6. The van der Waals surface area contributed by atoms with Gasteiger partial charge in [-0.3, -0.25) is 0 Å². The topological polar surface area (TPSA) is 105 Å². The zero-order chi connectivity index (χ0) is 27.0. The molecule has 0 amide bonds. The summed E-state index contributed by atoms with van der Waals surface area (Å²) >= 11 is 0. The number of carbonyl (C=O) groups is 4. The quantitative estimate of drug-likeness (QED) is 0.201. The zero-order valence-corrected chi connectivity index (χ0v) is 20.1. The van der Waals surface area contributed by atoms with E-state index in [0.29, 0.717) is 11.1 Å². The normalized spacial score (nSPS) is 10.1. The molecule has 0 aliphatic carbocycles. The third-order valence-corrected chi connectivity index (χ3v) is 4.42. The average molecular weight is 496 g/mol. The van der Waals surface area contributed by atoms with Crippen LogP contribution in [-0.2, 0) is 23.9 Å². The van der Waals surface area contributed by atoms with Crippen molar-refractivity contribution in [3.63, 3.8) is 0 Å². The average Bonchev–Trinajstić information content (AvgIpc) is 2.82. The predicted molar refractivity (Wildman–Crippen MR) is 129 cm³/mol. The Morgan fingerprint density at radius 1 is 0.722 bits per heavy atom. The summed E-state index contributed by atoms with van der Waals surface area (Å²) in [7, 11) is 0. The number of ether oxygens (including phenoxy) is 4. The van der Waals surface area contributed by atoms with Gasteiger partial charge < -0.3 is 18.9 Å². The number of halogens is 1. The van der Waals surface area contributed by atoms with Crippen LogP contribution in [0.1, 0.15) is 31.1 Å². The molecule has 0 spiro atoms. The van der Waals surface area contributed by atoms with Gasteiger partial charge in [-0.25, -0.2) is 23.6 Å². The molecule has 2 aromatic carbocycles. The van der Waals surface area contributed by atoms with Gasteiger partial charge >= 0.3 is 23.9 Å². The minimum absolute atomic E-state index is 0.0126. The van der Waals surface area contributed by atoms with Gasteiger partial charge in [0.05, 0.1) is 5.56 Å². The van der Waals surface area contributed by atoms with E-state index in [1.807, 2.05) is 0 Å².